The Morgan fingerprint density at radius 1 is 1.44 bits per heavy atom. The predicted octanol–water partition coefficient (Wildman–Crippen LogP) is 0.789. The van der Waals surface area contributed by atoms with Crippen molar-refractivity contribution >= 4 is 23.3 Å². The lowest BCUT2D eigenvalue weighted by Gasteiger charge is -2.29. The van der Waals surface area contributed by atoms with Crippen LogP contribution in [-0.4, -0.2) is 53.1 Å². The number of aromatic nitrogens is 2. The summed E-state index contributed by atoms with van der Waals surface area (Å²) in [5.41, 5.74) is 0. The minimum absolute atomic E-state index is 0.0139. The molecule has 0 spiro atoms. The molecule has 0 aromatic carbocycles. The van der Waals surface area contributed by atoms with Gasteiger partial charge in [0.05, 0.1) is 13.2 Å². The number of ether oxygens (including phenoxy) is 1. The largest absolute Gasteiger partial charge is 0.378 e. The quantitative estimate of drug-likeness (QED) is 0.880. The Morgan fingerprint density at radius 2 is 2.11 bits per heavy atom. The van der Waals surface area contributed by atoms with Gasteiger partial charge in [0, 0.05) is 25.5 Å². The predicted molar refractivity (Wildman–Crippen MR) is 67.5 cm³/mol. The number of halogens is 1. The Hall–Kier alpha value is -1.40. The van der Waals surface area contributed by atoms with Crippen molar-refractivity contribution in [2.45, 2.75) is 13.0 Å². The Balaban J connectivity index is 1.96. The molecule has 0 radical (unpaired) electrons. The van der Waals surface area contributed by atoms with E-state index >= 15 is 0 Å². The van der Waals surface area contributed by atoms with Crippen LogP contribution in [0.25, 0.3) is 0 Å². The molecule has 1 saturated heterocycles. The van der Waals surface area contributed by atoms with Crippen molar-refractivity contribution in [3.8, 4) is 0 Å². The number of rotatable bonds is 3. The molecule has 7 heteroatoms. The molecule has 1 unspecified atom stereocenters. The van der Waals surface area contributed by atoms with Gasteiger partial charge in [0.1, 0.15) is 6.04 Å². The van der Waals surface area contributed by atoms with Crippen LogP contribution < -0.4 is 5.32 Å². The lowest BCUT2D eigenvalue weighted by atomic mass is 10.2. The SMILES string of the molecule is CC(Nc1nccnc1Cl)C(=O)N1CCOCC1. The van der Waals surface area contributed by atoms with Crippen LogP contribution in [0.1, 0.15) is 6.92 Å². The van der Waals surface area contributed by atoms with E-state index in [-0.39, 0.29) is 11.1 Å². The van der Waals surface area contributed by atoms with Crippen molar-refractivity contribution < 1.29 is 9.53 Å². The molecule has 98 valence electrons. The first kappa shape index (κ1) is 13.0. The fourth-order valence-corrected chi connectivity index (χ4v) is 1.90. The molecule has 2 heterocycles. The van der Waals surface area contributed by atoms with Crippen molar-refractivity contribution in [2.24, 2.45) is 0 Å². The topological polar surface area (TPSA) is 67.4 Å². The Labute approximate surface area is 110 Å². The Kier molecular flexibility index (Phi) is 4.33. The van der Waals surface area contributed by atoms with Crippen molar-refractivity contribution in [3.63, 3.8) is 0 Å². The first-order chi connectivity index (χ1) is 8.68. The molecule has 6 nitrogen and oxygen atoms in total. The summed E-state index contributed by atoms with van der Waals surface area (Å²) < 4.78 is 5.21. The molecular weight excluding hydrogens is 256 g/mol. The van der Waals surface area contributed by atoms with Gasteiger partial charge in [-0.25, -0.2) is 9.97 Å². The number of anilines is 1. The first-order valence-electron chi connectivity index (χ1n) is 5.78. The highest BCUT2D eigenvalue weighted by Gasteiger charge is 2.23. The van der Waals surface area contributed by atoms with Crippen molar-refractivity contribution in [2.75, 3.05) is 31.6 Å². The molecule has 2 rings (SSSR count). The number of carbonyl (C=O) groups excluding carboxylic acids is 1. The summed E-state index contributed by atoms with van der Waals surface area (Å²) in [6, 6.07) is -0.391. The van der Waals surface area contributed by atoms with Gasteiger partial charge >= 0.3 is 0 Å². The van der Waals surface area contributed by atoms with Crippen LogP contribution in [0.15, 0.2) is 12.4 Å². The van der Waals surface area contributed by atoms with E-state index in [2.05, 4.69) is 15.3 Å². The molecular formula is C11H15ClN4O2. The summed E-state index contributed by atoms with van der Waals surface area (Å²) in [5, 5.41) is 3.23. The zero-order valence-electron chi connectivity index (χ0n) is 10.1. The standard InChI is InChI=1S/C11H15ClN4O2/c1-8(11(17)16-4-6-18-7-5-16)15-10-9(12)13-2-3-14-10/h2-3,8H,4-7H2,1H3,(H,14,15). The van der Waals surface area contributed by atoms with E-state index in [1.807, 2.05) is 0 Å². The van der Waals surface area contributed by atoms with Gasteiger partial charge in [-0.2, -0.15) is 0 Å². The summed E-state index contributed by atoms with van der Waals surface area (Å²) in [6.45, 7) is 4.20. The molecule has 0 aliphatic carbocycles. The van der Waals surface area contributed by atoms with Gasteiger partial charge < -0.3 is 15.0 Å². The van der Waals surface area contributed by atoms with Gasteiger partial charge in [0.2, 0.25) is 5.91 Å². The monoisotopic (exact) mass is 270 g/mol. The van der Waals surface area contributed by atoms with E-state index < -0.39 is 6.04 Å². The third kappa shape index (κ3) is 3.08. The van der Waals surface area contributed by atoms with Crippen LogP contribution in [0.5, 0.6) is 0 Å². The summed E-state index contributed by atoms with van der Waals surface area (Å²) in [5.74, 6) is 0.438. The van der Waals surface area contributed by atoms with E-state index in [0.29, 0.717) is 32.1 Å². The van der Waals surface area contributed by atoms with Gasteiger partial charge in [0.25, 0.3) is 0 Å². The van der Waals surface area contributed by atoms with Crippen molar-refractivity contribution in [1.82, 2.24) is 14.9 Å². The molecule has 1 aliphatic rings. The van der Waals surface area contributed by atoms with Crippen LogP contribution in [0.2, 0.25) is 5.15 Å². The number of morpholine rings is 1. The van der Waals surface area contributed by atoms with Gasteiger partial charge in [-0.15, -0.1) is 0 Å². The summed E-state index contributed by atoms with van der Waals surface area (Å²) >= 11 is 5.88. The summed E-state index contributed by atoms with van der Waals surface area (Å²) in [4.78, 5) is 21.8. The van der Waals surface area contributed by atoms with E-state index in [1.165, 1.54) is 12.4 Å². The number of hydrogen-bond acceptors (Lipinski definition) is 5. The highest BCUT2D eigenvalue weighted by atomic mass is 35.5. The number of nitrogens with zero attached hydrogens (tertiary/aromatic N) is 3. The molecule has 0 saturated carbocycles. The third-order valence-corrected chi connectivity index (χ3v) is 2.98. The number of carbonyl (C=O) groups is 1. The van der Waals surface area contributed by atoms with E-state index in [9.17, 15) is 4.79 Å². The Morgan fingerprint density at radius 3 is 2.78 bits per heavy atom. The summed E-state index contributed by atoms with van der Waals surface area (Å²) in [7, 11) is 0. The van der Waals surface area contributed by atoms with Crippen LogP contribution in [-0.2, 0) is 9.53 Å². The average Bonchev–Trinajstić information content (AvgIpc) is 2.41. The van der Waals surface area contributed by atoms with Crippen LogP contribution in [0.4, 0.5) is 5.82 Å². The van der Waals surface area contributed by atoms with Gasteiger partial charge in [-0.05, 0) is 6.92 Å². The first-order valence-corrected chi connectivity index (χ1v) is 6.16. The second-order valence-corrected chi connectivity index (χ2v) is 4.36. The van der Waals surface area contributed by atoms with Gasteiger partial charge in [0.15, 0.2) is 11.0 Å². The molecule has 1 aromatic heterocycles. The maximum absolute atomic E-state index is 12.1. The fraction of sp³-hybridized carbons (Fsp3) is 0.545. The maximum Gasteiger partial charge on any atom is 0.244 e. The molecule has 18 heavy (non-hydrogen) atoms. The van der Waals surface area contributed by atoms with E-state index in [1.54, 1.807) is 11.8 Å². The molecule has 1 aromatic rings. The Bertz CT molecular complexity index is 423. The zero-order valence-corrected chi connectivity index (χ0v) is 10.9. The minimum atomic E-state index is -0.391. The second-order valence-electron chi connectivity index (χ2n) is 4.00. The molecule has 1 fully saturated rings. The van der Waals surface area contributed by atoms with Gasteiger partial charge in [-0.1, -0.05) is 11.6 Å². The van der Waals surface area contributed by atoms with Crippen LogP contribution in [0.3, 0.4) is 0 Å². The number of nitrogens with one attached hydrogen (secondary N) is 1. The molecule has 1 N–H and O–H groups in total. The lowest BCUT2D eigenvalue weighted by molar-refractivity contribution is -0.135. The zero-order chi connectivity index (χ0) is 13.0. The minimum Gasteiger partial charge on any atom is -0.378 e. The molecule has 0 bridgehead atoms. The normalized spacial score (nSPS) is 17.3. The number of amides is 1. The maximum atomic E-state index is 12.1. The lowest BCUT2D eigenvalue weighted by Crippen LogP contribution is -2.47. The molecule has 1 atom stereocenters. The highest BCUT2D eigenvalue weighted by molar-refractivity contribution is 6.31. The highest BCUT2D eigenvalue weighted by Crippen LogP contribution is 2.15. The third-order valence-electron chi connectivity index (χ3n) is 2.70. The molecule has 1 amide bonds. The summed E-state index contributed by atoms with van der Waals surface area (Å²) in [6.07, 6.45) is 3.03. The van der Waals surface area contributed by atoms with Gasteiger partial charge in [-0.3, -0.25) is 4.79 Å². The average molecular weight is 271 g/mol. The number of hydrogen-bond donors (Lipinski definition) is 1. The van der Waals surface area contributed by atoms with E-state index in [4.69, 9.17) is 16.3 Å². The smallest absolute Gasteiger partial charge is 0.244 e. The van der Waals surface area contributed by atoms with E-state index in [0.717, 1.165) is 0 Å². The van der Waals surface area contributed by atoms with Crippen molar-refractivity contribution in [1.29, 1.82) is 0 Å². The van der Waals surface area contributed by atoms with Crippen molar-refractivity contribution in [3.05, 3.63) is 17.5 Å². The second kappa shape index (κ2) is 5.97. The van der Waals surface area contributed by atoms with Crippen LogP contribution >= 0.6 is 11.6 Å². The molecule has 1 aliphatic heterocycles. The van der Waals surface area contributed by atoms with Crippen LogP contribution in [0, 0.1) is 0 Å². The fourth-order valence-electron chi connectivity index (χ4n) is 1.74.